The van der Waals surface area contributed by atoms with E-state index in [0.717, 1.165) is 12.1 Å². The number of hydrogen-bond acceptors (Lipinski definition) is 5. The first-order chi connectivity index (χ1) is 20.1. The van der Waals surface area contributed by atoms with E-state index in [9.17, 15) is 28.7 Å². The van der Waals surface area contributed by atoms with Crippen LogP contribution in [0.15, 0.2) is 54.6 Å². The molecule has 1 fully saturated rings. The second kappa shape index (κ2) is 10.5. The Morgan fingerprint density at radius 2 is 1.70 bits per heavy atom. The number of benzene rings is 3. The number of fused-ring (bicyclic) bond motifs is 2. The minimum atomic E-state index is -1.66. The summed E-state index contributed by atoms with van der Waals surface area (Å²) in [5.41, 5.74) is 10.1. The molecular weight excluding hydrogens is 598 g/mol. The molecule has 12 heteroatoms. The number of nitrogens with zero attached hydrogens (tertiary/aromatic N) is 1. The van der Waals surface area contributed by atoms with Gasteiger partial charge in [0.15, 0.2) is 0 Å². The number of carbonyl (C=O) groups is 4. The van der Waals surface area contributed by atoms with Crippen LogP contribution in [0.25, 0.3) is 0 Å². The van der Waals surface area contributed by atoms with Crippen molar-refractivity contribution in [3.8, 4) is 0 Å². The quantitative estimate of drug-likeness (QED) is 0.299. The summed E-state index contributed by atoms with van der Waals surface area (Å²) in [6, 6.07) is 9.85. The molecule has 3 amide bonds. The Bertz CT molecular complexity index is 1690. The van der Waals surface area contributed by atoms with Crippen LogP contribution in [-0.2, 0) is 15.0 Å². The van der Waals surface area contributed by atoms with Crippen LogP contribution in [0.5, 0.6) is 0 Å². The number of amides is 3. The zero-order valence-electron chi connectivity index (χ0n) is 23.5. The first kappa shape index (κ1) is 30.3. The van der Waals surface area contributed by atoms with Crippen molar-refractivity contribution in [1.29, 1.82) is 0 Å². The second-order valence-corrected chi connectivity index (χ2v) is 13.0. The smallest absolute Gasteiger partial charge is 0.327 e. The van der Waals surface area contributed by atoms with E-state index in [0.29, 0.717) is 16.3 Å². The van der Waals surface area contributed by atoms with Gasteiger partial charge < -0.3 is 26.8 Å². The number of nitrogens with two attached hydrogens (primary N) is 2. The number of halogens is 3. The highest BCUT2D eigenvalue weighted by Gasteiger charge is 2.69. The van der Waals surface area contributed by atoms with Gasteiger partial charge in [-0.3, -0.25) is 14.4 Å². The molecule has 0 aromatic heterocycles. The molecule has 3 aromatic carbocycles. The average molecular weight is 628 g/mol. The fraction of sp³-hybridized carbons (Fsp3) is 0.290. The minimum absolute atomic E-state index is 0.00314. The predicted molar refractivity (Wildman–Crippen MR) is 161 cm³/mol. The molecule has 2 heterocycles. The Morgan fingerprint density at radius 3 is 2.28 bits per heavy atom. The van der Waals surface area contributed by atoms with Crippen LogP contribution in [0.2, 0.25) is 10.0 Å². The van der Waals surface area contributed by atoms with Gasteiger partial charge in [0.1, 0.15) is 17.3 Å². The first-order valence-electron chi connectivity index (χ1n) is 13.4. The maximum atomic E-state index is 15.0. The molecular formula is C31H29Cl2FN4O5. The summed E-state index contributed by atoms with van der Waals surface area (Å²) in [4.78, 5) is 54.4. The average Bonchev–Trinajstić information content (AvgIpc) is 3.33. The predicted octanol–water partition coefficient (Wildman–Crippen LogP) is 5.08. The van der Waals surface area contributed by atoms with E-state index < -0.39 is 58.3 Å². The zero-order valence-corrected chi connectivity index (χ0v) is 25.0. The molecule has 6 N–H and O–H groups in total. The van der Waals surface area contributed by atoms with E-state index in [1.165, 1.54) is 29.2 Å². The Hall–Kier alpha value is -4.15. The van der Waals surface area contributed by atoms with E-state index in [4.69, 9.17) is 34.7 Å². The van der Waals surface area contributed by atoms with Crippen molar-refractivity contribution < 1.29 is 28.7 Å². The normalized spacial score (nSPS) is 22.9. The topological polar surface area (TPSA) is 156 Å². The van der Waals surface area contributed by atoms with Crippen molar-refractivity contribution in [2.24, 2.45) is 16.9 Å². The van der Waals surface area contributed by atoms with Crippen molar-refractivity contribution in [2.45, 2.75) is 50.6 Å². The van der Waals surface area contributed by atoms with Crippen LogP contribution >= 0.6 is 23.2 Å². The van der Waals surface area contributed by atoms with Gasteiger partial charge in [0.25, 0.3) is 5.91 Å². The van der Waals surface area contributed by atoms with E-state index in [2.05, 4.69) is 5.32 Å². The zero-order chi connectivity index (χ0) is 31.6. The standard InChI is InChI=1S/C31H29Cl2FN4O5/c1-30(2,3)13-23-31(20-7-5-16(32)12-21(20)37-29(31)43)24(15-8-17(33)11-18(34)9-15)25(28(41)42)38(23)22-10-14(26(35)39)4-6-19(22)27(36)40/h4-12,23-25H,13H2,1-3H3,(H2,35,39)(H2,36,40)(H,37,43)(H,41,42)/t23-,24+,25+,31?/m0/s1. The van der Waals surface area contributed by atoms with Gasteiger partial charge in [0.2, 0.25) is 11.8 Å². The fourth-order valence-electron chi connectivity index (χ4n) is 6.72. The highest BCUT2D eigenvalue weighted by atomic mass is 35.5. The fourth-order valence-corrected chi connectivity index (χ4v) is 7.13. The lowest BCUT2D eigenvalue weighted by Crippen LogP contribution is -2.51. The van der Waals surface area contributed by atoms with E-state index in [-0.39, 0.29) is 33.8 Å². The van der Waals surface area contributed by atoms with Gasteiger partial charge in [0.05, 0.1) is 11.3 Å². The molecule has 0 radical (unpaired) electrons. The highest BCUT2D eigenvalue weighted by molar-refractivity contribution is 6.31. The van der Waals surface area contributed by atoms with Crippen LogP contribution in [0.1, 0.15) is 65.0 Å². The van der Waals surface area contributed by atoms with Crippen LogP contribution in [0, 0.1) is 11.2 Å². The highest BCUT2D eigenvalue weighted by Crippen LogP contribution is 2.61. The Kier molecular flexibility index (Phi) is 7.43. The molecule has 2 aliphatic heterocycles. The largest absolute Gasteiger partial charge is 0.480 e. The van der Waals surface area contributed by atoms with Gasteiger partial charge in [0, 0.05) is 33.3 Å². The monoisotopic (exact) mass is 626 g/mol. The first-order valence-corrected chi connectivity index (χ1v) is 14.1. The summed E-state index contributed by atoms with van der Waals surface area (Å²) >= 11 is 12.6. The Balaban J connectivity index is 1.96. The number of hydrogen-bond donors (Lipinski definition) is 4. The number of nitrogens with one attached hydrogen (secondary N) is 1. The van der Waals surface area contributed by atoms with Crippen LogP contribution < -0.4 is 21.7 Å². The number of anilines is 2. The molecule has 43 heavy (non-hydrogen) atoms. The summed E-state index contributed by atoms with van der Waals surface area (Å²) < 4.78 is 15.0. The Labute approximate surface area is 256 Å². The number of carboxylic acids is 1. The van der Waals surface area contributed by atoms with Crippen molar-refractivity contribution in [2.75, 3.05) is 10.2 Å². The molecule has 4 atom stereocenters. The molecule has 0 aliphatic carbocycles. The van der Waals surface area contributed by atoms with Crippen LogP contribution in [0.3, 0.4) is 0 Å². The third kappa shape index (κ3) is 4.98. The van der Waals surface area contributed by atoms with E-state index in [1.807, 2.05) is 20.8 Å². The van der Waals surface area contributed by atoms with Gasteiger partial charge in [-0.25, -0.2) is 9.18 Å². The number of carboxylic acid groups (broad SMARTS) is 1. The lowest BCUT2D eigenvalue weighted by molar-refractivity contribution is -0.139. The summed E-state index contributed by atoms with van der Waals surface area (Å²) in [5, 5.41) is 14.2. The summed E-state index contributed by atoms with van der Waals surface area (Å²) in [6.07, 6.45) is 0.213. The van der Waals surface area contributed by atoms with Crippen LogP contribution in [0.4, 0.5) is 15.8 Å². The molecule has 1 saturated heterocycles. The molecule has 3 aromatic rings. The summed E-state index contributed by atoms with van der Waals surface area (Å²) in [6.45, 7) is 5.77. The molecule has 1 unspecified atom stereocenters. The third-order valence-electron chi connectivity index (χ3n) is 8.15. The minimum Gasteiger partial charge on any atom is -0.480 e. The van der Waals surface area contributed by atoms with Gasteiger partial charge in [-0.05, 0) is 71.5 Å². The van der Waals surface area contributed by atoms with E-state index in [1.54, 1.807) is 18.2 Å². The summed E-state index contributed by atoms with van der Waals surface area (Å²) in [5.74, 6) is -5.58. The molecule has 0 bridgehead atoms. The molecule has 5 rings (SSSR count). The molecule has 9 nitrogen and oxygen atoms in total. The maximum Gasteiger partial charge on any atom is 0.327 e. The maximum absolute atomic E-state index is 15.0. The lowest BCUT2D eigenvalue weighted by Gasteiger charge is -2.40. The van der Waals surface area contributed by atoms with Crippen molar-refractivity contribution in [1.82, 2.24) is 0 Å². The second-order valence-electron chi connectivity index (χ2n) is 12.1. The molecule has 224 valence electrons. The number of aliphatic carboxylic acids is 1. The van der Waals surface area contributed by atoms with Gasteiger partial charge in [-0.1, -0.05) is 50.0 Å². The Morgan fingerprint density at radius 1 is 1.00 bits per heavy atom. The van der Waals surface area contributed by atoms with Gasteiger partial charge >= 0.3 is 5.97 Å². The summed E-state index contributed by atoms with van der Waals surface area (Å²) in [7, 11) is 0. The van der Waals surface area contributed by atoms with Crippen molar-refractivity contribution in [3.63, 3.8) is 0 Å². The molecule has 0 saturated carbocycles. The SMILES string of the molecule is CC(C)(C)C[C@@H]1N(c2cc(C(N)=O)ccc2C(N)=O)[C@@H](C(=O)O)[C@@H](c2cc(F)cc(Cl)c2)C12C(=O)Nc1cc(Cl)ccc12. The third-order valence-corrected chi connectivity index (χ3v) is 8.60. The van der Waals surface area contributed by atoms with Crippen LogP contribution in [-0.4, -0.2) is 40.9 Å². The van der Waals surface area contributed by atoms with Crippen molar-refractivity contribution >= 4 is 58.3 Å². The van der Waals surface area contributed by atoms with Crippen molar-refractivity contribution in [3.05, 3.63) is 92.7 Å². The molecule has 2 aliphatic rings. The van der Waals surface area contributed by atoms with E-state index >= 15 is 0 Å². The number of primary amides is 2. The lowest BCUT2D eigenvalue weighted by atomic mass is 9.62. The number of carbonyl (C=O) groups excluding carboxylic acids is 3. The van der Waals surface area contributed by atoms with Gasteiger partial charge in [-0.15, -0.1) is 0 Å². The molecule has 1 spiro atoms. The van der Waals surface area contributed by atoms with Gasteiger partial charge in [-0.2, -0.15) is 0 Å². The number of rotatable bonds is 6.